The molecule has 10 heteroatoms. The third-order valence-corrected chi connectivity index (χ3v) is 4.02. The first kappa shape index (κ1) is 16.6. The minimum Gasteiger partial charge on any atom is -0.437 e. The van der Waals surface area contributed by atoms with Crippen LogP contribution in [0.15, 0.2) is 22.7 Å². The molecule has 0 saturated carbocycles. The van der Waals surface area contributed by atoms with Gasteiger partial charge in [-0.2, -0.15) is 17.7 Å². The molecule has 24 heavy (non-hydrogen) atoms. The van der Waals surface area contributed by atoms with Crippen LogP contribution in [-0.4, -0.2) is 19.8 Å². The number of hydrogen-bond acceptors (Lipinski definition) is 4. The second-order valence-corrected chi connectivity index (χ2v) is 5.84. The molecule has 3 aromatic rings. The molecule has 0 N–H and O–H groups in total. The molecule has 126 valence electrons. The average molecular weight is 405 g/mol. The van der Waals surface area contributed by atoms with Crippen LogP contribution in [0.3, 0.4) is 0 Å². The number of hydrogen-bond donors (Lipinski definition) is 0. The van der Waals surface area contributed by atoms with Gasteiger partial charge in [-0.3, -0.25) is 0 Å². The third kappa shape index (κ3) is 2.81. The first-order chi connectivity index (χ1) is 11.2. The number of alkyl halides is 3. The van der Waals surface area contributed by atoms with Gasteiger partial charge in [-0.25, -0.2) is 4.39 Å². The van der Waals surface area contributed by atoms with Crippen molar-refractivity contribution >= 4 is 21.6 Å². The van der Waals surface area contributed by atoms with Crippen LogP contribution in [0.2, 0.25) is 0 Å². The highest BCUT2D eigenvalue weighted by Crippen LogP contribution is 2.32. The third-order valence-electron chi connectivity index (χ3n) is 3.41. The predicted molar refractivity (Wildman–Crippen MR) is 79.4 cm³/mol. The summed E-state index contributed by atoms with van der Waals surface area (Å²) in [5.74, 6) is -1.56. The Morgan fingerprint density at radius 3 is 2.46 bits per heavy atom. The molecule has 1 aromatic carbocycles. The van der Waals surface area contributed by atoms with Crippen molar-refractivity contribution in [3.63, 3.8) is 0 Å². The quantitative estimate of drug-likeness (QED) is 0.592. The van der Waals surface area contributed by atoms with Crippen molar-refractivity contribution in [2.75, 3.05) is 0 Å². The Bertz CT molecular complexity index is 939. The Hall–Kier alpha value is -2.23. The average Bonchev–Trinajstić information content (AvgIpc) is 2.92. The van der Waals surface area contributed by atoms with Gasteiger partial charge in [0.2, 0.25) is 5.88 Å². The molecule has 2 aromatic heterocycles. The highest BCUT2D eigenvalue weighted by atomic mass is 79.9. The maximum atomic E-state index is 13.3. The van der Waals surface area contributed by atoms with Crippen molar-refractivity contribution in [2.24, 2.45) is 0 Å². The van der Waals surface area contributed by atoms with E-state index in [2.05, 4.69) is 31.2 Å². The summed E-state index contributed by atoms with van der Waals surface area (Å²) >= 11 is 3.01. The Morgan fingerprint density at radius 1 is 1.12 bits per heavy atom. The summed E-state index contributed by atoms with van der Waals surface area (Å²) in [7, 11) is 0. The summed E-state index contributed by atoms with van der Waals surface area (Å²) < 4.78 is 58.5. The molecule has 0 saturated heterocycles. The number of ether oxygens (including phenoxy) is 1. The van der Waals surface area contributed by atoms with Crippen molar-refractivity contribution in [2.45, 2.75) is 20.0 Å². The standard InChI is InChI=1S/C14H9BrF4N4O/c1-6-7(2)12(24-8-3-4-10(16)9(15)5-8)22-23-11(6)20-21-13(23)14(17,18)19/h3-5H,1-2H3. The fourth-order valence-corrected chi connectivity index (χ4v) is 2.39. The van der Waals surface area contributed by atoms with Crippen LogP contribution in [0.4, 0.5) is 17.6 Å². The number of halogens is 5. The maximum absolute atomic E-state index is 13.3. The lowest BCUT2D eigenvalue weighted by molar-refractivity contribution is -0.146. The largest absolute Gasteiger partial charge is 0.453 e. The molecule has 5 nitrogen and oxygen atoms in total. The van der Waals surface area contributed by atoms with Crippen LogP contribution in [0.25, 0.3) is 5.65 Å². The molecule has 0 spiro atoms. The zero-order valence-electron chi connectivity index (χ0n) is 12.3. The molecule has 3 rings (SSSR count). The van der Waals surface area contributed by atoms with Crippen molar-refractivity contribution in [3.05, 3.63) is 45.4 Å². The number of rotatable bonds is 2. The second-order valence-electron chi connectivity index (χ2n) is 4.99. The number of benzene rings is 1. The highest BCUT2D eigenvalue weighted by Gasteiger charge is 2.38. The number of fused-ring (bicyclic) bond motifs is 1. The van der Waals surface area contributed by atoms with E-state index in [1.165, 1.54) is 18.2 Å². The Labute approximate surface area is 141 Å². The van der Waals surface area contributed by atoms with Crippen LogP contribution >= 0.6 is 15.9 Å². The van der Waals surface area contributed by atoms with Crippen molar-refractivity contribution in [3.8, 4) is 11.6 Å². The summed E-state index contributed by atoms with van der Waals surface area (Å²) in [6, 6.07) is 3.87. The van der Waals surface area contributed by atoms with Crippen LogP contribution in [0.1, 0.15) is 17.0 Å². The van der Waals surface area contributed by atoms with Crippen LogP contribution in [-0.2, 0) is 6.18 Å². The van der Waals surface area contributed by atoms with Crippen molar-refractivity contribution < 1.29 is 22.3 Å². The SMILES string of the molecule is Cc1c(Oc2ccc(F)c(Br)c2)nn2c(C(F)(F)F)nnc2c1C. The Kier molecular flexibility index (Phi) is 3.94. The zero-order chi connectivity index (χ0) is 17.6. The second kappa shape index (κ2) is 5.69. The molecule has 2 heterocycles. The molecule has 0 unspecified atom stereocenters. The van der Waals surface area contributed by atoms with Crippen LogP contribution in [0.5, 0.6) is 11.6 Å². The highest BCUT2D eigenvalue weighted by molar-refractivity contribution is 9.10. The lowest BCUT2D eigenvalue weighted by atomic mass is 10.2. The van der Waals surface area contributed by atoms with E-state index in [1.54, 1.807) is 13.8 Å². The van der Waals surface area contributed by atoms with Crippen LogP contribution < -0.4 is 4.74 Å². The van der Waals surface area contributed by atoms with E-state index >= 15 is 0 Å². The van der Waals surface area contributed by atoms with Gasteiger partial charge >= 0.3 is 6.18 Å². The van der Waals surface area contributed by atoms with Gasteiger partial charge in [0.05, 0.1) is 4.47 Å². The van der Waals surface area contributed by atoms with E-state index in [9.17, 15) is 17.6 Å². The topological polar surface area (TPSA) is 52.3 Å². The summed E-state index contributed by atoms with van der Waals surface area (Å²) in [5, 5.41) is 10.5. The molecule has 0 amide bonds. The van der Waals surface area contributed by atoms with Gasteiger partial charge in [0.1, 0.15) is 11.6 Å². The summed E-state index contributed by atoms with van der Waals surface area (Å²) in [6.07, 6.45) is -4.70. The van der Waals surface area contributed by atoms with Gasteiger partial charge in [0, 0.05) is 11.1 Å². The number of aryl methyl sites for hydroxylation is 1. The first-order valence-corrected chi connectivity index (χ1v) is 7.40. The Morgan fingerprint density at radius 2 is 1.83 bits per heavy atom. The van der Waals surface area contributed by atoms with Gasteiger partial charge in [-0.05, 0) is 48.0 Å². The van der Waals surface area contributed by atoms with Gasteiger partial charge < -0.3 is 4.74 Å². The molecule has 0 atom stereocenters. The summed E-state index contributed by atoms with van der Waals surface area (Å²) in [6.45, 7) is 3.23. The molecule has 0 fully saturated rings. The van der Waals surface area contributed by atoms with Gasteiger partial charge in [0.15, 0.2) is 5.65 Å². The normalized spacial score (nSPS) is 12.0. The van der Waals surface area contributed by atoms with E-state index in [4.69, 9.17) is 4.74 Å². The lowest BCUT2D eigenvalue weighted by Gasteiger charge is -2.12. The molecular formula is C14H9BrF4N4O. The molecule has 0 aliphatic heterocycles. The zero-order valence-corrected chi connectivity index (χ0v) is 13.9. The van der Waals surface area contributed by atoms with E-state index in [-0.39, 0.29) is 21.7 Å². The molecule has 0 bridgehead atoms. The molecule has 0 aliphatic rings. The van der Waals surface area contributed by atoms with Gasteiger partial charge in [-0.15, -0.1) is 15.3 Å². The minimum absolute atomic E-state index is 0.00698. The molecule has 0 aliphatic carbocycles. The fourth-order valence-electron chi connectivity index (χ4n) is 2.03. The lowest BCUT2D eigenvalue weighted by Crippen LogP contribution is -2.13. The number of aromatic nitrogens is 4. The fraction of sp³-hybridized carbons (Fsp3) is 0.214. The van der Waals surface area contributed by atoms with Gasteiger partial charge in [-0.1, -0.05) is 0 Å². The molecular weight excluding hydrogens is 396 g/mol. The van der Waals surface area contributed by atoms with E-state index < -0.39 is 17.8 Å². The van der Waals surface area contributed by atoms with E-state index in [0.29, 0.717) is 15.6 Å². The number of nitrogens with zero attached hydrogens (tertiary/aromatic N) is 4. The van der Waals surface area contributed by atoms with E-state index in [1.807, 2.05) is 0 Å². The van der Waals surface area contributed by atoms with Crippen molar-refractivity contribution in [1.82, 2.24) is 19.8 Å². The summed E-state index contributed by atoms with van der Waals surface area (Å²) in [5.41, 5.74) is 0.945. The Balaban J connectivity index is 2.13. The monoisotopic (exact) mass is 404 g/mol. The summed E-state index contributed by atoms with van der Waals surface area (Å²) in [4.78, 5) is 0. The molecule has 0 radical (unpaired) electrons. The van der Waals surface area contributed by atoms with Gasteiger partial charge in [0.25, 0.3) is 5.82 Å². The van der Waals surface area contributed by atoms with Crippen molar-refractivity contribution in [1.29, 1.82) is 0 Å². The van der Waals surface area contributed by atoms with Crippen LogP contribution in [0, 0.1) is 19.7 Å². The smallest absolute Gasteiger partial charge is 0.437 e. The minimum atomic E-state index is -4.70. The van der Waals surface area contributed by atoms with E-state index in [0.717, 1.165) is 0 Å². The predicted octanol–water partition coefficient (Wildman–Crippen LogP) is 4.45. The first-order valence-electron chi connectivity index (χ1n) is 6.61. The maximum Gasteiger partial charge on any atom is 0.453 e.